The summed E-state index contributed by atoms with van der Waals surface area (Å²) in [6.07, 6.45) is 1.52. The highest BCUT2D eigenvalue weighted by Crippen LogP contribution is 2.27. The average Bonchev–Trinajstić information content (AvgIpc) is 2.69. The Kier molecular flexibility index (Phi) is 3.47. The summed E-state index contributed by atoms with van der Waals surface area (Å²) in [5.74, 6) is 0.737. The number of fused-ring (bicyclic) bond motifs is 1. The second-order valence-corrected chi connectivity index (χ2v) is 5.63. The fourth-order valence-corrected chi connectivity index (χ4v) is 2.59. The number of carbonyl (C=O) groups excluding carboxylic acids is 1. The molecule has 2 heterocycles. The number of amides is 1. The van der Waals surface area contributed by atoms with Gasteiger partial charge in [0.25, 0.3) is 0 Å². The largest absolute Gasteiger partial charge is 0.358 e. The molecule has 2 aromatic heterocycles. The van der Waals surface area contributed by atoms with E-state index in [1.165, 1.54) is 11.2 Å². The van der Waals surface area contributed by atoms with Gasteiger partial charge in [0.15, 0.2) is 0 Å². The Morgan fingerprint density at radius 3 is 2.83 bits per heavy atom. The standard InChI is InChI=1S/C12H16N4OS/c1-7-5-9-10(13-6-14-11(9)18-7)15-8(2)12(17)16(3)4/h5-6,8H,1-4H3,(H,13,14,15)/t8-/m0/s1. The SMILES string of the molecule is Cc1cc2c(N[C@@H](C)C(=O)N(C)C)ncnc2s1. The van der Waals surface area contributed by atoms with E-state index in [4.69, 9.17) is 0 Å². The molecule has 18 heavy (non-hydrogen) atoms. The van der Waals surface area contributed by atoms with Crippen molar-refractivity contribution in [1.29, 1.82) is 0 Å². The molecule has 5 nitrogen and oxygen atoms in total. The van der Waals surface area contributed by atoms with Gasteiger partial charge in [-0.25, -0.2) is 9.97 Å². The summed E-state index contributed by atoms with van der Waals surface area (Å²) < 4.78 is 0. The van der Waals surface area contributed by atoms with Crippen molar-refractivity contribution in [2.75, 3.05) is 19.4 Å². The second kappa shape index (κ2) is 4.89. The summed E-state index contributed by atoms with van der Waals surface area (Å²) in [5.41, 5.74) is 0. The molecule has 0 saturated carbocycles. The number of anilines is 1. The van der Waals surface area contributed by atoms with Crippen molar-refractivity contribution in [1.82, 2.24) is 14.9 Å². The van der Waals surface area contributed by atoms with Crippen molar-refractivity contribution in [2.45, 2.75) is 19.9 Å². The predicted octanol–water partition coefficient (Wildman–Crippen LogP) is 1.89. The molecule has 2 aromatic rings. The zero-order valence-electron chi connectivity index (χ0n) is 10.9. The lowest BCUT2D eigenvalue weighted by Crippen LogP contribution is -2.36. The van der Waals surface area contributed by atoms with Gasteiger partial charge in [-0.05, 0) is 19.9 Å². The molecule has 0 aliphatic carbocycles. The number of hydrogen-bond acceptors (Lipinski definition) is 5. The van der Waals surface area contributed by atoms with Gasteiger partial charge < -0.3 is 10.2 Å². The summed E-state index contributed by atoms with van der Waals surface area (Å²) in [7, 11) is 3.48. The first-order valence-corrected chi connectivity index (χ1v) is 6.49. The highest BCUT2D eigenvalue weighted by molar-refractivity contribution is 7.18. The molecule has 0 aliphatic rings. The minimum absolute atomic E-state index is 0.0220. The maximum Gasteiger partial charge on any atom is 0.244 e. The molecular formula is C12H16N4OS. The van der Waals surface area contributed by atoms with Crippen molar-refractivity contribution in [3.05, 3.63) is 17.3 Å². The highest BCUT2D eigenvalue weighted by Gasteiger charge is 2.16. The number of aromatic nitrogens is 2. The molecule has 1 N–H and O–H groups in total. The van der Waals surface area contributed by atoms with E-state index in [0.717, 1.165) is 10.2 Å². The van der Waals surface area contributed by atoms with Crippen molar-refractivity contribution in [2.24, 2.45) is 0 Å². The molecule has 0 aromatic carbocycles. The van der Waals surface area contributed by atoms with Gasteiger partial charge in [-0.2, -0.15) is 0 Å². The summed E-state index contributed by atoms with van der Waals surface area (Å²) >= 11 is 1.62. The maximum absolute atomic E-state index is 11.8. The quantitative estimate of drug-likeness (QED) is 0.919. The Morgan fingerprint density at radius 2 is 2.17 bits per heavy atom. The molecule has 0 aliphatic heterocycles. The predicted molar refractivity (Wildman–Crippen MR) is 73.9 cm³/mol. The van der Waals surface area contributed by atoms with E-state index in [1.54, 1.807) is 30.3 Å². The molecular weight excluding hydrogens is 248 g/mol. The molecule has 0 bridgehead atoms. The van der Waals surface area contributed by atoms with Gasteiger partial charge in [-0.15, -0.1) is 11.3 Å². The third kappa shape index (κ3) is 2.43. The van der Waals surface area contributed by atoms with Crippen LogP contribution in [0.3, 0.4) is 0 Å². The average molecular weight is 264 g/mol. The van der Waals surface area contributed by atoms with E-state index < -0.39 is 0 Å². The molecule has 1 amide bonds. The second-order valence-electron chi connectivity index (χ2n) is 4.40. The van der Waals surface area contributed by atoms with Crippen LogP contribution in [0.25, 0.3) is 10.2 Å². The van der Waals surface area contributed by atoms with Gasteiger partial charge in [0.2, 0.25) is 5.91 Å². The number of rotatable bonds is 3. The van der Waals surface area contributed by atoms with Crippen LogP contribution in [0, 0.1) is 6.92 Å². The summed E-state index contributed by atoms with van der Waals surface area (Å²) in [6, 6.07) is 1.73. The lowest BCUT2D eigenvalue weighted by molar-refractivity contribution is -0.129. The Hall–Kier alpha value is -1.69. The highest BCUT2D eigenvalue weighted by atomic mass is 32.1. The molecule has 0 spiro atoms. The lowest BCUT2D eigenvalue weighted by atomic mass is 10.2. The first-order chi connectivity index (χ1) is 8.49. The molecule has 1 atom stereocenters. The van der Waals surface area contributed by atoms with Gasteiger partial charge in [-0.3, -0.25) is 4.79 Å². The van der Waals surface area contributed by atoms with Crippen LogP contribution in [0.15, 0.2) is 12.4 Å². The van der Waals surface area contributed by atoms with Gasteiger partial charge in [0.1, 0.15) is 23.0 Å². The lowest BCUT2D eigenvalue weighted by Gasteiger charge is -2.18. The fraction of sp³-hybridized carbons (Fsp3) is 0.417. The van der Waals surface area contributed by atoms with E-state index in [2.05, 4.69) is 15.3 Å². The number of nitrogens with zero attached hydrogens (tertiary/aromatic N) is 3. The zero-order chi connectivity index (χ0) is 13.3. The number of carbonyl (C=O) groups is 1. The van der Waals surface area contributed by atoms with Gasteiger partial charge in [0, 0.05) is 19.0 Å². The van der Waals surface area contributed by atoms with Crippen LogP contribution in [0.2, 0.25) is 0 Å². The summed E-state index contributed by atoms with van der Waals surface area (Å²) in [5, 5.41) is 4.11. The molecule has 6 heteroatoms. The van der Waals surface area contributed by atoms with E-state index in [0.29, 0.717) is 5.82 Å². The van der Waals surface area contributed by atoms with E-state index in [9.17, 15) is 4.79 Å². The smallest absolute Gasteiger partial charge is 0.244 e. The minimum atomic E-state index is -0.307. The van der Waals surface area contributed by atoms with Crippen molar-refractivity contribution >= 4 is 33.3 Å². The maximum atomic E-state index is 11.8. The summed E-state index contributed by atoms with van der Waals surface area (Å²) in [6.45, 7) is 3.86. The van der Waals surface area contributed by atoms with Crippen LogP contribution < -0.4 is 5.32 Å². The first-order valence-electron chi connectivity index (χ1n) is 5.68. The molecule has 0 radical (unpaired) electrons. The Balaban J connectivity index is 2.29. The van der Waals surface area contributed by atoms with Crippen molar-refractivity contribution in [3.63, 3.8) is 0 Å². The number of thiophene rings is 1. The monoisotopic (exact) mass is 264 g/mol. The topological polar surface area (TPSA) is 58.1 Å². The molecule has 0 fully saturated rings. The third-order valence-electron chi connectivity index (χ3n) is 2.62. The molecule has 96 valence electrons. The van der Waals surface area contributed by atoms with E-state index in [-0.39, 0.29) is 11.9 Å². The zero-order valence-corrected chi connectivity index (χ0v) is 11.7. The fourth-order valence-electron chi connectivity index (χ4n) is 1.75. The minimum Gasteiger partial charge on any atom is -0.358 e. The van der Waals surface area contributed by atoms with Crippen LogP contribution >= 0.6 is 11.3 Å². The van der Waals surface area contributed by atoms with E-state index in [1.807, 2.05) is 19.9 Å². The number of nitrogens with one attached hydrogen (secondary N) is 1. The van der Waals surface area contributed by atoms with Gasteiger partial charge in [0.05, 0.1) is 5.39 Å². The van der Waals surface area contributed by atoms with Crippen LogP contribution in [-0.4, -0.2) is 40.9 Å². The Bertz CT molecular complexity index is 578. The number of hydrogen-bond donors (Lipinski definition) is 1. The Labute approximate surface area is 110 Å². The van der Waals surface area contributed by atoms with Crippen molar-refractivity contribution < 1.29 is 4.79 Å². The van der Waals surface area contributed by atoms with Crippen molar-refractivity contribution in [3.8, 4) is 0 Å². The van der Waals surface area contributed by atoms with Gasteiger partial charge in [-0.1, -0.05) is 0 Å². The normalized spacial score (nSPS) is 12.4. The summed E-state index contributed by atoms with van der Waals surface area (Å²) in [4.78, 5) is 23.9. The van der Waals surface area contributed by atoms with Crippen LogP contribution in [-0.2, 0) is 4.79 Å². The van der Waals surface area contributed by atoms with Crippen LogP contribution in [0.1, 0.15) is 11.8 Å². The number of likely N-dealkylation sites (N-methyl/N-ethyl adjacent to an activating group) is 1. The number of aryl methyl sites for hydroxylation is 1. The van der Waals surface area contributed by atoms with Gasteiger partial charge >= 0.3 is 0 Å². The molecule has 0 unspecified atom stereocenters. The molecule has 2 rings (SSSR count). The third-order valence-corrected chi connectivity index (χ3v) is 3.58. The van der Waals surface area contributed by atoms with Crippen LogP contribution in [0.5, 0.6) is 0 Å². The van der Waals surface area contributed by atoms with Crippen LogP contribution in [0.4, 0.5) is 5.82 Å². The van der Waals surface area contributed by atoms with E-state index >= 15 is 0 Å². The molecule has 0 saturated heterocycles. The Morgan fingerprint density at radius 1 is 1.44 bits per heavy atom. The first kappa shape index (κ1) is 12.8.